The molecule has 2 amide bonds. The van der Waals surface area contributed by atoms with E-state index in [0.29, 0.717) is 29.9 Å². The molecule has 1 N–H and O–H groups in total. The maximum absolute atomic E-state index is 14.3. The van der Waals surface area contributed by atoms with Gasteiger partial charge in [0.25, 0.3) is 0 Å². The maximum atomic E-state index is 14.3. The van der Waals surface area contributed by atoms with Crippen molar-refractivity contribution in [1.29, 1.82) is 0 Å². The number of nitrogens with one attached hydrogen (secondary N) is 1. The number of likely N-dealkylation sites (tertiary alicyclic amines) is 1. The van der Waals surface area contributed by atoms with E-state index in [2.05, 4.69) is 26.1 Å². The second-order valence-electron chi connectivity index (χ2n) is 11.9. The van der Waals surface area contributed by atoms with E-state index < -0.39 is 46.9 Å². The number of hydrogen-bond acceptors (Lipinski definition) is 5. The van der Waals surface area contributed by atoms with Crippen LogP contribution in [0.1, 0.15) is 57.6 Å². The number of ether oxygens (including phenoxy) is 1. The molecule has 38 heavy (non-hydrogen) atoms. The summed E-state index contributed by atoms with van der Waals surface area (Å²) in [5.74, 6) is -3.86. The first-order valence-electron chi connectivity index (χ1n) is 13.2. The summed E-state index contributed by atoms with van der Waals surface area (Å²) in [5, 5.41) is 3.25. The molecule has 0 radical (unpaired) electrons. The summed E-state index contributed by atoms with van der Waals surface area (Å²) < 4.78 is 33.0. The van der Waals surface area contributed by atoms with E-state index in [1.165, 1.54) is 60.5 Å². The molecule has 1 aliphatic carbocycles. The number of halogens is 2. The van der Waals surface area contributed by atoms with E-state index in [9.17, 15) is 23.2 Å². The van der Waals surface area contributed by atoms with Gasteiger partial charge in [0, 0.05) is 6.04 Å². The summed E-state index contributed by atoms with van der Waals surface area (Å²) in [4.78, 5) is 42.7. The lowest BCUT2D eigenvalue weighted by Gasteiger charge is -2.41. The molecule has 0 aromatic heterocycles. The van der Waals surface area contributed by atoms with Crippen LogP contribution in [0.2, 0.25) is 0 Å². The first kappa shape index (κ1) is 26.5. The molecule has 1 saturated carbocycles. The largest absolute Gasteiger partial charge is 0.468 e. The highest BCUT2D eigenvalue weighted by Gasteiger charge is 2.68. The number of imide groups is 1. The van der Waals surface area contributed by atoms with E-state index in [4.69, 9.17) is 4.74 Å². The predicted molar refractivity (Wildman–Crippen MR) is 137 cm³/mol. The number of esters is 1. The Morgan fingerprint density at radius 2 is 1.39 bits per heavy atom. The third kappa shape index (κ3) is 4.13. The Hall–Kier alpha value is -3.13. The van der Waals surface area contributed by atoms with Gasteiger partial charge >= 0.3 is 5.97 Å². The van der Waals surface area contributed by atoms with E-state index in [1.807, 2.05) is 0 Å². The van der Waals surface area contributed by atoms with Crippen LogP contribution in [0, 0.1) is 34.8 Å². The Morgan fingerprint density at radius 3 is 1.84 bits per heavy atom. The Labute approximate surface area is 221 Å². The van der Waals surface area contributed by atoms with Gasteiger partial charge in [0.15, 0.2) is 0 Å². The molecule has 0 bridgehead atoms. The minimum atomic E-state index is -1.37. The molecular weight excluding hydrogens is 490 g/mol. The van der Waals surface area contributed by atoms with Crippen molar-refractivity contribution in [3.05, 3.63) is 71.3 Å². The summed E-state index contributed by atoms with van der Waals surface area (Å²) in [6, 6.07) is 9.89. The maximum Gasteiger partial charge on any atom is 0.323 e. The van der Waals surface area contributed by atoms with Crippen LogP contribution in [0.5, 0.6) is 0 Å². The fourth-order valence-electron chi connectivity index (χ4n) is 6.94. The molecule has 3 aliphatic rings. The van der Waals surface area contributed by atoms with Gasteiger partial charge in [0.2, 0.25) is 11.8 Å². The Morgan fingerprint density at radius 1 is 0.895 bits per heavy atom. The van der Waals surface area contributed by atoms with Crippen molar-refractivity contribution in [2.75, 3.05) is 7.11 Å². The molecule has 2 saturated heterocycles. The smallest absolute Gasteiger partial charge is 0.323 e. The minimum absolute atomic E-state index is 0.140. The summed E-state index contributed by atoms with van der Waals surface area (Å²) in [7, 11) is 1.24. The van der Waals surface area contributed by atoms with E-state index in [1.54, 1.807) is 0 Å². The molecule has 5 rings (SSSR count). The molecule has 2 aromatic rings. The average Bonchev–Trinajstić information content (AvgIpc) is 3.38. The standard InChI is InChI=1S/C30H34F2N2O4/c1-29(2,3)17-9-15-22(16-10-17)34-26(35)23-24(27(34)36)30(33-25(23)28(37)38-4,18-5-11-20(31)12-6-18)19-7-13-21(32)14-8-19/h5-8,11-14,17,22-25,33H,9-10,15-16H2,1-4H3/t17?,22?,23-,24+,25-/m1/s1. The summed E-state index contributed by atoms with van der Waals surface area (Å²) in [5.41, 5.74) is -0.215. The number of methoxy groups -OCH3 is 1. The third-order valence-electron chi connectivity index (χ3n) is 8.93. The molecule has 2 aliphatic heterocycles. The number of benzene rings is 2. The number of carbonyl (C=O) groups is 3. The summed E-state index contributed by atoms with van der Waals surface area (Å²) >= 11 is 0. The normalized spacial score (nSPS) is 28.9. The van der Waals surface area contributed by atoms with Gasteiger partial charge in [0.05, 0.1) is 24.5 Å². The highest BCUT2D eigenvalue weighted by atomic mass is 19.1. The molecule has 3 atom stereocenters. The number of nitrogens with zero attached hydrogens (tertiary/aromatic N) is 1. The van der Waals surface area contributed by atoms with E-state index in [-0.39, 0.29) is 17.4 Å². The second kappa shape index (κ2) is 9.56. The topological polar surface area (TPSA) is 75.7 Å². The first-order valence-corrected chi connectivity index (χ1v) is 13.2. The molecule has 202 valence electrons. The van der Waals surface area contributed by atoms with Gasteiger partial charge in [0.1, 0.15) is 17.7 Å². The number of hydrogen-bond donors (Lipinski definition) is 1. The minimum Gasteiger partial charge on any atom is -0.468 e. The zero-order chi connectivity index (χ0) is 27.4. The quantitative estimate of drug-likeness (QED) is 0.469. The second-order valence-corrected chi connectivity index (χ2v) is 11.9. The summed E-state index contributed by atoms with van der Waals surface area (Å²) in [6.45, 7) is 6.63. The SMILES string of the molecule is COC(=O)[C@@H]1NC(c2ccc(F)cc2)(c2ccc(F)cc2)[C@@H]2C(=O)N(C3CCC(C(C)(C)C)CC3)C(=O)[C@H]21. The number of carbonyl (C=O) groups excluding carboxylic acids is 3. The van der Waals surface area contributed by atoms with Crippen LogP contribution < -0.4 is 5.32 Å². The Balaban J connectivity index is 1.62. The molecule has 3 fully saturated rings. The van der Waals surface area contributed by atoms with Crippen molar-refractivity contribution in [1.82, 2.24) is 10.2 Å². The van der Waals surface area contributed by atoms with E-state index >= 15 is 0 Å². The monoisotopic (exact) mass is 524 g/mol. The molecule has 6 nitrogen and oxygen atoms in total. The number of fused-ring (bicyclic) bond motifs is 1. The van der Waals surface area contributed by atoms with Crippen molar-refractivity contribution in [3.63, 3.8) is 0 Å². The van der Waals surface area contributed by atoms with Crippen LogP contribution >= 0.6 is 0 Å². The predicted octanol–water partition coefficient (Wildman–Crippen LogP) is 4.56. The lowest BCUT2D eigenvalue weighted by molar-refractivity contribution is -0.150. The van der Waals surface area contributed by atoms with Crippen molar-refractivity contribution in [2.45, 2.75) is 64.1 Å². The van der Waals surface area contributed by atoms with Crippen LogP contribution in [0.3, 0.4) is 0 Å². The van der Waals surface area contributed by atoms with Crippen LogP contribution in [0.4, 0.5) is 8.78 Å². The molecule has 8 heteroatoms. The highest BCUT2D eigenvalue weighted by molar-refractivity contribution is 6.09. The Bertz CT molecular complexity index is 1180. The van der Waals surface area contributed by atoms with Crippen molar-refractivity contribution >= 4 is 17.8 Å². The van der Waals surface area contributed by atoms with Gasteiger partial charge in [-0.3, -0.25) is 24.6 Å². The Kier molecular flexibility index (Phi) is 6.66. The lowest BCUT2D eigenvalue weighted by Crippen LogP contribution is -2.53. The van der Waals surface area contributed by atoms with Crippen LogP contribution in [0.15, 0.2) is 48.5 Å². The fraction of sp³-hybridized carbons (Fsp3) is 0.500. The van der Waals surface area contributed by atoms with Gasteiger partial charge in [-0.1, -0.05) is 45.0 Å². The zero-order valence-corrected chi connectivity index (χ0v) is 22.2. The zero-order valence-electron chi connectivity index (χ0n) is 22.2. The van der Waals surface area contributed by atoms with E-state index in [0.717, 1.165) is 12.8 Å². The molecule has 0 unspecified atom stereocenters. The number of rotatable bonds is 4. The average molecular weight is 525 g/mol. The van der Waals surface area contributed by atoms with Crippen molar-refractivity contribution < 1.29 is 27.9 Å². The van der Waals surface area contributed by atoms with Gasteiger partial charge in [-0.05, 0) is 72.4 Å². The molecular formula is C30H34F2N2O4. The molecule has 2 heterocycles. The highest BCUT2D eigenvalue weighted by Crippen LogP contribution is 2.53. The van der Waals surface area contributed by atoms with Gasteiger partial charge < -0.3 is 4.74 Å². The third-order valence-corrected chi connectivity index (χ3v) is 8.93. The van der Waals surface area contributed by atoms with Gasteiger partial charge in [-0.25, -0.2) is 8.78 Å². The number of amides is 2. The first-order chi connectivity index (χ1) is 18.0. The summed E-state index contributed by atoms with van der Waals surface area (Å²) in [6.07, 6.45) is 3.21. The molecule has 2 aromatic carbocycles. The van der Waals surface area contributed by atoms with Crippen LogP contribution in [-0.2, 0) is 24.7 Å². The van der Waals surface area contributed by atoms with Crippen LogP contribution in [0.25, 0.3) is 0 Å². The van der Waals surface area contributed by atoms with Gasteiger partial charge in [-0.15, -0.1) is 0 Å². The van der Waals surface area contributed by atoms with Gasteiger partial charge in [-0.2, -0.15) is 0 Å². The molecule has 0 spiro atoms. The fourth-order valence-corrected chi connectivity index (χ4v) is 6.94. The van der Waals surface area contributed by atoms with Crippen LogP contribution in [-0.4, -0.2) is 41.9 Å². The lowest BCUT2D eigenvalue weighted by atomic mass is 9.71. The van der Waals surface area contributed by atoms with Crippen molar-refractivity contribution in [2.24, 2.45) is 23.2 Å². The van der Waals surface area contributed by atoms with Crippen molar-refractivity contribution in [3.8, 4) is 0 Å².